The van der Waals surface area contributed by atoms with E-state index >= 15 is 0 Å². The molecule has 0 radical (unpaired) electrons. The molecule has 1 aromatic heterocycles. The standard InChI is InChI=1S/C17H12N2O4S/c20-16(21)10-12(9-11-5-1-3-7-14(11)19(22)23)17-18-13-6-2-4-8-15(13)24-17/h1-9H,10H2,(H,20,21). The summed E-state index contributed by atoms with van der Waals surface area (Å²) in [5.41, 5.74) is 1.51. The number of fused-ring (bicyclic) bond motifs is 1. The van der Waals surface area contributed by atoms with E-state index in [9.17, 15) is 20.0 Å². The first kappa shape index (κ1) is 15.8. The molecule has 0 spiro atoms. The van der Waals surface area contributed by atoms with Crippen molar-refractivity contribution in [2.75, 3.05) is 0 Å². The molecule has 0 aliphatic rings. The van der Waals surface area contributed by atoms with Gasteiger partial charge in [0.15, 0.2) is 0 Å². The zero-order valence-corrected chi connectivity index (χ0v) is 13.2. The Morgan fingerprint density at radius 2 is 1.92 bits per heavy atom. The van der Waals surface area contributed by atoms with Crippen LogP contribution in [-0.4, -0.2) is 21.0 Å². The molecule has 1 N–H and O–H groups in total. The maximum Gasteiger partial charge on any atom is 0.307 e. The molecule has 0 amide bonds. The van der Waals surface area contributed by atoms with E-state index in [1.165, 1.54) is 23.5 Å². The van der Waals surface area contributed by atoms with Crippen LogP contribution in [0.2, 0.25) is 0 Å². The summed E-state index contributed by atoms with van der Waals surface area (Å²) in [4.78, 5) is 26.3. The minimum Gasteiger partial charge on any atom is -0.481 e. The van der Waals surface area contributed by atoms with Gasteiger partial charge >= 0.3 is 5.97 Å². The number of benzene rings is 2. The molecule has 0 saturated carbocycles. The molecule has 7 heteroatoms. The van der Waals surface area contributed by atoms with Crippen molar-refractivity contribution in [3.63, 3.8) is 0 Å². The van der Waals surface area contributed by atoms with Crippen molar-refractivity contribution in [1.29, 1.82) is 0 Å². The van der Waals surface area contributed by atoms with Gasteiger partial charge in [0.1, 0.15) is 5.01 Å². The van der Waals surface area contributed by atoms with Crippen LogP contribution in [0.5, 0.6) is 0 Å². The number of aromatic nitrogens is 1. The predicted molar refractivity (Wildman–Crippen MR) is 92.8 cm³/mol. The predicted octanol–water partition coefficient (Wildman–Crippen LogP) is 4.22. The third-order valence-electron chi connectivity index (χ3n) is 3.37. The molecule has 2 aromatic carbocycles. The fourth-order valence-electron chi connectivity index (χ4n) is 2.32. The first-order valence-corrected chi connectivity index (χ1v) is 7.88. The second-order valence-electron chi connectivity index (χ2n) is 5.04. The van der Waals surface area contributed by atoms with E-state index < -0.39 is 10.9 Å². The number of nitrogens with zero attached hydrogens (tertiary/aromatic N) is 2. The lowest BCUT2D eigenvalue weighted by atomic mass is 10.1. The molecule has 0 bridgehead atoms. The van der Waals surface area contributed by atoms with Crippen molar-refractivity contribution < 1.29 is 14.8 Å². The van der Waals surface area contributed by atoms with Crippen LogP contribution in [0.1, 0.15) is 17.0 Å². The zero-order chi connectivity index (χ0) is 17.1. The van der Waals surface area contributed by atoms with Crippen LogP contribution >= 0.6 is 11.3 Å². The van der Waals surface area contributed by atoms with Gasteiger partial charge in [0, 0.05) is 6.07 Å². The minimum absolute atomic E-state index is 0.0681. The average molecular weight is 340 g/mol. The van der Waals surface area contributed by atoms with Gasteiger partial charge in [-0.05, 0) is 29.8 Å². The number of hydrogen-bond donors (Lipinski definition) is 1. The average Bonchev–Trinajstić information content (AvgIpc) is 2.98. The highest BCUT2D eigenvalue weighted by Gasteiger charge is 2.16. The number of aliphatic carboxylic acids is 1. The van der Waals surface area contributed by atoms with Crippen molar-refractivity contribution in [2.24, 2.45) is 0 Å². The Bertz CT molecular complexity index is 929. The molecule has 6 nitrogen and oxygen atoms in total. The lowest BCUT2D eigenvalue weighted by Crippen LogP contribution is -1.98. The van der Waals surface area contributed by atoms with Gasteiger partial charge in [-0.2, -0.15) is 0 Å². The van der Waals surface area contributed by atoms with E-state index in [4.69, 9.17) is 0 Å². The Kier molecular flexibility index (Phi) is 4.35. The largest absolute Gasteiger partial charge is 0.481 e. The number of carboxylic acid groups (broad SMARTS) is 1. The maximum atomic E-state index is 11.2. The van der Waals surface area contributed by atoms with Crippen molar-refractivity contribution in [3.05, 3.63) is 69.2 Å². The molecule has 0 aliphatic carbocycles. The quantitative estimate of drug-likeness (QED) is 0.554. The third kappa shape index (κ3) is 3.31. The Labute approximate surface area is 140 Å². The van der Waals surface area contributed by atoms with Crippen molar-refractivity contribution in [2.45, 2.75) is 6.42 Å². The molecule has 3 rings (SSSR count). The number of rotatable bonds is 5. The van der Waals surface area contributed by atoms with E-state index in [0.717, 1.165) is 10.2 Å². The first-order valence-electron chi connectivity index (χ1n) is 7.06. The highest BCUT2D eigenvalue weighted by Crippen LogP contribution is 2.31. The highest BCUT2D eigenvalue weighted by molar-refractivity contribution is 7.19. The Hall–Kier alpha value is -3.06. The smallest absolute Gasteiger partial charge is 0.307 e. The fourth-order valence-corrected chi connectivity index (χ4v) is 3.30. The Balaban J connectivity index is 2.13. The van der Waals surface area contributed by atoms with Gasteiger partial charge < -0.3 is 5.11 Å². The Morgan fingerprint density at radius 1 is 1.21 bits per heavy atom. The molecule has 0 aliphatic heterocycles. The van der Waals surface area contributed by atoms with Gasteiger partial charge in [0.25, 0.3) is 5.69 Å². The van der Waals surface area contributed by atoms with Gasteiger partial charge in [-0.1, -0.05) is 24.3 Å². The molecule has 3 aromatic rings. The molecule has 0 fully saturated rings. The van der Waals surface area contributed by atoms with E-state index in [1.54, 1.807) is 18.2 Å². The van der Waals surface area contributed by atoms with Crippen molar-refractivity contribution >= 4 is 44.9 Å². The van der Waals surface area contributed by atoms with Gasteiger partial charge in [-0.15, -0.1) is 11.3 Å². The lowest BCUT2D eigenvalue weighted by Gasteiger charge is -2.02. The van der Waals surface area contributed by atoms with E-state index in [2.05, 4.69) is 4.98 Å². The van der Waals surface area contributed by atoms with Crippen LogP contribution < -0.4 is 0 Å². The maximum absolute atomic E-state index is 11.2. The number of thiazole rings is 1. The number of carbonyl (C=O) groups is 1. The summed E-state index contributed by atoms with van der Waals surface area (Å²) in [6.07, 6.45) is 1.27. The zero-order valence-electron chi connectivity index (χ0n) is 12.4. The molecule has 0 atom stereocenters. The molecule has 1 heterocycles. The van der Waals surface area contributed by atoms with E-state index in [-0.39, 0.29) is 12.1 Å². The molecular weight excluding hydrogens is 328 g/mol. The third-order valence-corrected chi connectivity index (χ3v) is 4.49. The normalized spacial score (nSPS) is 11.6. The molecule has 0 unspecified atom stereocenters. The SMILES string of the molecule is O=C(O)CC(=Cc1ccccc1[N+](=O)[O-])c1nc2ccccc2s1. The number of nitro benzene ring substituents is 1. The summed E-state index contributed by atoms with van der Waals surface area (Å²) in [5.74, 6) is -1.01. The van der Waals surface area contributed by atoms with Gasteiger partial charge in [-0.25, -0.2) is 4.98 Å². The number of carboxylic acids is 1. The number of nitro groups is 1. The minimum atomic E-state index is -1.01. The van der Waals surface area contributed by atoms with Crippen LogP contribution in [0.4, 0.5) is 5.69 Å². The summed E-state index contributed by atoms with van der Waals surface area (Å²) >= 11 is 1.37. The van der Waals surface area contributed by atoms with E-state index in [0.29, 0.717) is 16.1 Å². The van der Waals surface area contributed by atoms with Crippen LogP contribution in [0, 0.1) is 10.1 Å². The van der Waals surface area contributed by atoms with Gasteiger partial charge in [0.05, 0.1) is 27.1 Å². The summed E-state index contributed by atoms with van der Waals surface area (Å²) < 4.78 is 0.936. The van der Waals surface area contributed by atoms with Crippen LogP contribution in [0.15, 0.2) is 48.5 Å². The van der Waals surface area contributed by atoms with Gasteiger partial charge in [-0.3, -0.25) is 14.9 Å². The van der Waals surface area contributed by atoms with Crippen molar-refractivity contribution in [1.82, 2.24) is 4.98 Å². The molecule has 0 saturated heterocycles. The second kappa shape index (κ2) is 6.59. The molecule has 24 heavy (non-hydrogen) atoms. The topological polar surface area (TPSA) is 93.3 Å². The van der Waals surface area contributed by atoms with Crippen LogP contribution in [0.3, 0.4) is 0 Å². The summed E-state index contributed by atoms with van der Waals surface area (Å²) in [6.45, 7) is 0. The highest BCUT2D eigenvalue weighted by atomic mass is 32.1. The first-order chi connectivity index (χ1) is 11.5. The van der Waals surface area contributed by atoms with Crippen LogP contribution in [0.25, 0.3) is 21.9 Å². The molecular formula is C17H12N2O4S. The number of para-hydroxylation sites is 2. The summed E-state index contributed by atoms with van der Waals surface area (Å²) in [5, 5.41) is 20.9. The summed E-state index contributed by atoms with van der Waals surface area (Å²) in [6, 6.07) is 13.7. The van der Waals surface area contributed by atoms with Crippen LogP contribution in [-0.2, 0) is 4.79 Å². The Morgan fingerprint density at radius 3 is 2.62 bits per heavy atom. The fraction of sp³-hybridized carbons (Fsp3) is 0.0588. The monoisotopic (exact) mass is 340 g/mol. The van der Waals surface area contributed by atoms with Crippen molar-refractivity contribution in [3.8, 4) is 0 Å². The second-order valence-corrected chi connectivity index (χ2v) is 6.07. The van der Waals surface area contributed by atoms with Gasteiger partial charge in [0.2, 0.25) is 0 Å². The number of hydrogen-bond acceptors (Lipinski definition) is 5. The molecule has 120 valence electrons. The lowest BCUT2D eigenvalue weighted by molar-refractivity contribution is -0.385. The summed E-state index contributed by atoms with van der Waals surface area (Å²) in [7, 11) is 0. The van der Waals surface area contributed by atoms with E-state index in [1.807, 2.05) is 24.3 Å².